The molecule has 116 valence electrons. The molecule has 1 aromatic heterocycles. The van der Waals surface area contributed by atoms with Gasteiger partial charge in [0.05, 0.1) is 6.04 Å². The third-order valence-electron chi connectivity index (χ3n) is 3.33. The van der Waals surface area contributed by atoms with E-state index in [2.05, 4.69) is 17.2 Å². The molecule has 0 aliphatic carbocycles. The summed E-state index contributed by atoms with van der Waals surface area (Å²) in [6, 6.07) is 10.8. The first kappa shape index (κ1) is 15.8. The van der Waals surface area contributed by atoms with Crippen LogP contribution in [0, 0.1) is 0 Å². The molecule has 0 aliphatic heterocycles. The van der Waals surface area contributed by atoms with Crippen molar-refractivity contribution in [2.24, 2.45) is 0 Å². The van der Waals surface area contributed by atoms with E-state index in [1.165, 1.54) is 16.8 Å². The number of aromatic nitrogens is 2. The molecule has 1 aromatic carbocycles. The summed E-state index contributed by atoms with van der Waals surface area (Å²) < 4.78 is 1.17. The van der Waals surface area contributed by atoms with E-state index in [0.29, 0.717) is 0 Å². The number of nitrogens with zero attached hydrogens (tertiary/aromatic N) is 1. The van der Waals surface area contributed by atoms with Gasteiger partial charge in [-0.05, 0) is 12.0 Å². The number of benzene rings is 1. The van der Waals surface area contributed by atoms with Crippen LogP contribution < -0.4 is 16.6 Å². The molecule has 0 saturated carbocycles. The van der Waals surface area contributed by atoms with Crippen LogP contribution in [0.1, 0.15) is 31.4 Å². The van der Waals surface area contributed by atoms with Gasteiger partial charge < -0.3 is 5.32 Å². The Morgan fingerprint density at radius 2 is 1.95 bits per heavy atom. The molecule has 0 saturated heterocycles. The van der Waals surface area contributed by atoms with Gasteiger partial charge in [0.1, 0.15) is 6.54 Å². The molecule has 1 amide bonds. The Bertz CT molecular complexity index is 734. The predicted molar refractivity (Wildman–Crippen MR) is 83.6 cm³/mol. The maximum Gasteiger partial charge on any atom is 0.328 e. The van der Waals surface area contributed by atoms with Gasteiger partial charge in [0.2, 0.25) is 5.91 Å². The second-order valence-electron chi connectivity index (χ2n) is 5.06. The van der Waals surface area contributed by atoms with Crippen molar-refractivity contribution in [3.05, 3.63) is 69.0 Å². The van der Waals surface area contributed by atoms with Crippen molar-refractivity contribution in [1.29, 1.82) is 0 Å². The zero-order valence-corrected chi connectivity index (χ0v) is 12.4. The molecule has 1 atom stereocenters. The molecule has 1 unspecified atom stereocenters. The molecule has 2 rings (SSSR count). The summed E-state index contributed by atoms with van der Waals surface area (Å²) in [5.41, 5.74) is -0.0317. The van der Waals surface area contributed by atoms with Crippen LogP contribution in [0.5, 0.6) is 0 Å². The smallest absolute Gasteiger partial charge is 0.328 e. The summed E-state index contributed by atoms with van der Waals surface area (Å²) in [5.74, 6) is -0.267. The number of carbonyl (C=O) groups excluding carboxylic acids is 1. The van der Waals surface area contributed by atoms with E-state index in [4.69, 9.17) is 0 Å². The molecule has 0 fully saturated rings. The van der Waals surface area contributed by atoms with Crippen LogP contribution in [-0.2, 0) is 11.3 Å². The van der Waals surface area contributed by atoms with Gasteiger partial charge in [-0.15, -0.1) is 0 Å². The Balaban J connectivity index is 2.08. The lowest BCUT2D eigenvalue weighted by Gasteiger charge is -2.19. The Hall–Kier alpha value is -2.63. The zero-order valence-electron chi connectivity index (χ0n) is 12.4. The molecule has 0 spiro atoms. The fourth-order valence-corrected chi connectivity index (χ4v) is 2.26. The molecule has 2 N–H and O–H groups in total. The first-order chi connectivity index (χ1) is 10.6. The summed E-state index contributed by atoms with van der Waals surface area (Å²) in [5, 5.41) is 2.93. The average Bonchev–Trinajstić information content (AvgIpc) is 2.50. The summed E-state index contributed by atoms with van der Waals surface area (Å²) in [7, 11) is 0. The normalized spacial score (nSPS) is 11.9. The summed E-state index contributed by atoms with van der Waals surface area (Å²) in [6.45, 7) is 1.93. The van der Waals surface area contributed by atoms with Crippen LogP contribution in [0.4, 0.5) is 0 Å². The second-order valence-corrected chi connectivity index (χ2v) is 5.06. The fraction of sp³-hybridized carbons (Fsp3) is 0.312. The summed E-state index contributed by atoms with van der Waals surface area (Å²) in [4.78, 5) is 36.9. The van der Waals surface area contributed by atoms with E-state index in [9.17, 15) is 14.4 Å². The Morgan fingerprint density at radius 1 is 1.23 bits per heavy atom. The minimum atomic E-state index is -0.589. The van der Waals surface area contributed by atoms with Crippen molar-refractivity contribution in [1.82, 2.24) is 14.9 Å². The highest BCUT2D eigenvalue weighted by Crippen LogP contribution is 2.17. The van der Waals surface area contributed by atoms with E-state index in [1.807, 2.05) is 30.3 Å². The number of amides is 1. The first-order valence-corrected chi connectivity index (χ1v) is 7.24. The van der Waals surface area contributed by atoms with Crippen molar-refractivity contribution in [2.75, 3.05) is 0 Å². The van der Waals surface area contributed by atoms with Gasteiger partial charge in [0.25, 0.3) is 5.56 Å². The number of hydrogen-bond acceptors (Lipinski definition) is 3. The third kappa shape index (κ3) is 4.18. The van der Waals surface area contributed by atoms with Crippen molar-refractivity contribution >= 4 is 5.91 Å². The third-order valence-corrected chi connectivity index (χ3v) is 3.33. The van der Waals surface area contributed by atoms with E-state index in [-0.39, 0.29) is 18.5 Å². The van der Waals surface area contributed by atoms with Crippen LogP contribution in [0.3, 0.4) is 0 Å². The maximum absolute atomic E-state index is 12.1. The predicted octanol–water partition coefficient (Wildman–Crippen LogP) is 1.19. The lowest BCUT2D eigenvalue weighted by molar-refractivity contribution is -0.122. The monoisotopic (exact) mass is 301 g/mol. The standard InChI is InChI=1S/C16H19N3O3/c1-2-6-13(12-7-4-3-5-8-12)17-15(21)11-19-10-9-14(20)18-16(19)22/h3-5,7-10,13H,2,6,11H2,1H3,(H,17,21)(H,18,20,22). The quantitative estimate of drug-likeness (QED) is 0.840. The molecular formula is C16H19N3O3. The Morgan fingerprint density at radius 3 is 2.59 bits per heavy atom. The van der Waals surface area contributed by atoms with Gasteiger partial charge in [-0.3, -0.25) is 19.1 Å². The SMILES string of the molecule is CCCC(NC(=O)Cn1ccc(=O)[nH]c1=O)c1ccccc1. The van der Waals surface area contributed by atoms with Crippen molar-refractivity contribution in [3.8, 4) is 0 Å². The fourth-order valence-electron chi connectivity index (χ4n) is 2.26. The van der Waals surface area contributed by atoms with Crippen molar-refractivity contribution in [2.45, 2.75) is 32.4 Å². The number of carbonyl (C=O) groups is 1. The molecule has 6 heteroatoms. The first-order valence-electron chi connectivity index (χ1n) is 7.24. The lowest BCUT2D eigenvalue weighted by atomic mass is 10.0. The number of H-pyrrole nitrogens is 1. The highest BCUT2D eigenvalue weighted by atomic mass is 16.2. The Labute approximate surface area is 127 Å². The number of rotatable bonds is 6. The largest absolute Gasteiger partial charge is 0.348 e. The van der Waals surface area contributed by atoms with Gasteiger partial charge in [0, 0.05) is 12.3 Å². The molecule has 0 radical (unpaired) electrons. The molecule has 22 heavy (non-hydrogen) atoms. The highest BCUT2D eigenvalue weighted by Gasteiger charge is 2.14. The van der Waals surface area contributed by atoms with E-state index >= 15 is 0 Å². The van der Waals surface area contributed by atoms with Crippen LogP contribution in [0.2, 0.25) is 0 Å². The zero-order chi connectivity index (χ0) is 15.9. The Kier molecular flexibility index (Phi) is 5.30. The van der Waals surface area contributed by atoms with Crippen LogP contribution in [0.25, 0.3) is 0 Å². The van der Waals surface area contributed by atoms with Gasteiger partial charge in [-0.25, -0.2) is 4.79 Å². The van der Waals surface area contributed by atoms with E-state index in [1.54, 1.807) is 0 Å². The van der Waals surface area contributed by atoms with Crippen LogP contribution >= 0.6 is 0 Å². The van der Waals surface area contributed by atoms with Gasteiger partial charge in [-0.2, -0.15) is 0 Å². The molecule has 6 nitrogen and oxygen atoms in total. The summed E-state index contributed by atoms with van der Waals surface area (Å²) >= 11 is 0. The molecule has 0 aliphatic rings. The molecular weight excluding hydrogens is 282 g/mol. The van der Waals surface area contributed by atoms with Gasteiger partial charge in [-0.1, -0.05) is 43.7 Å². The van der Waals surface area contributed by atoms with Gasteiger partial charge in [0.15, 0.2) is 0 Å². The molecule has 0 bridgehead atoms. The number of nitrogens with one attached hydrogen (secondary N) is 2. The number of hydrogen-bond donors (Lipinski definition) is 2. The van der Waals surface area contributed by atoms with Gasteiger partial charge >= 0.3 is 5.69 Å². The average molecular weight is 301 g/mol. The maximum atomic E-state index is 12.1. The number of aromatic amines is 1. The highest BCUT2D eigenvalue weighted by molar-refractivity contribution is 5.76. The van der Waals surface area contributed by atoms with E-state index in [0.717, 1.165) is 18.4 Å². The minimum absolute atomic E-state index is 0.0860. The van der Waals surface area contributed by atoms with E-state index < -0.39 is 11.2 Å². The van der Waals surface area contributed by atoms with Crippen molar-refractivity contribution in [3.63, 3.8) is 0 Å². The lowest BCUT2D eigenvalue weighted by Crippen LogP contribution is -2.36. The minimum Gasteiger partial charge on any atom is -0.348 e. The molecule has 2 aromatic rings. The van der Waals surface area contributed by atoms with Crippen molar-refractivity contribution < 1.29 is 4.79 Å². The molecule has 1 heterocycles. The topological polar surface area (TPSA) is 84.0 Å². The van der Waals surface area contributed by atoms with Crippen LogP contribution in [-0.4, -0.2) is 15.5 Å². The second kappa shape index (κ2) is 7.40. The van der Waals surface area contributed by atoms with Crippen LogP contribution in [0.15, 0.2) is 52.2 Å². The summed E-state index contributed by atoms with van der Waals surface area (Å²) in [6.07, 6.45) is 3.06.